The fourth-order valence-electron chi connectivity index (χ4n) is 1.93. The van der Waals surface area contributed by atoms with E-state index in [1.807, 2.05) is 11.8 Å². The van der Waals surface area contributed by atoms with Gasteiger partial charge in [0.25, 0.3) is 0 Å². The third-order valence-corrected chi connectivity index (χ3v) is 4.00. The lowest BCUT2D eigenvalue weighted by Gasteiger charge is -2.20. The molecule has 1 rings (SSSR count). The SMILES string of the molecule is CCC(N)Cc1ccc(N(C)CCSC)cc1C. The standard InChI is InChI=1S/C15H26N2S/c1-5-14(16)11-13-6-7-15(10-12(13)2)17(3)8-9-18-4/h6-7,10,14H,5,8-9,11,16H2,1-4H3. The number of thioether (sulfide) groups is 1. The van der Waals surface area contributed by atoms with Crippen molar-refractivity contribution in [1.29, 1.82) is 0 Å². The van der Waals surface area contributed by atoms with Crippen molar-refractivity contribution in [3.8, 4) is 0 Å². The molecule has 0 spiro atoms. The van der Waals surface area contributed by atoms with E-state index in [1.54, 1.807) is 0 Å². The number of hydrogen-bond acceptors (Lipinski definition) is 3. The predicted molar refractivity (Wildman–Crippen MR) is 84.8 cm³/mol. The van der Waals surface area contributed by atoms with Crippen molar-refractivity contribution in [2.45, 2.75) is 32.7 Å². The third-order valence-electron chi connectivity index (χ3n) is 3.40. The zero-order valence-corrected chi connectivity index (χ0v) is 12.9. The fraction of sp³-hybridized carbons (Fsp3) is 0.600. The fourth-order valence-corrected chi connectivity index (χ4v) is 2.39. The lowest BCUT2D eigenvalue weighted by Crippen LogP contribution is -2.22. The molecular formula is C15H26N2S. The second-order valence-corrected chi connectivity index (χ2v) is 5.88. The summed E-state index contributed by atoms with van der Waals surface area (Å²) in [6.45, 7) is 5.42. The van der Waals surface area contributed by atoms with E-state index in [-0.39, 0.29) is 6.04 Å². The highest BCUT2D eigenvalue weighted by Crippen LogP contribution is 2.19. The minimum absolute atomic E-state index is 0.281. The maximum Gasteiger partial charge on any atom is 0.0366 e. The van der Waals surface area contributed by atoms with Gasteiger partial charge in [0.15, 0.2) is 0 Å². The highest BCUT2D eigenvalue weighted by molar-refractivity contribution is 7.98. The molecule has 1 unspecified atom stereocenters. The Morgan fingerprint density at radius 3 is 2.67 bits per heavy atom. The number of nitrogens with zero attached hydrogens (tertiary/aromatic N) is 1. The lowest BCUT2D eigenvalue weighted by atomic mass is 9.99. The number of aryl methyl sites for hydroxylation is 1. The van der Waals surface area contributed by atoms with Crippen molar-refractivity contribution in [3.63, 3.8) is 0 Å². The van der Waals surface area contributed by atoms with Crippen LogP contribution in [-0.4, -0.2) is 31.6 Å². The first-order valence-electron chi connectivity index (χ1n) is 6.63. The first-order valence-corrected chi connectivity index (χ1v) is 8.03. The molecule has 0 heterocycles. The molecule has 1 atom stereocenters. The van der Waals surface area contributed by atoms with Gasteiger partial charge in [0, 0.05) is 31.1 Å². The zero-order chi connectivity index (χ0) is 13.5. The van der Waals surface area contributed by atoms with E-state index in [0.717, 1.165) is 25.1 Å². The molecule has 0 saturated heterocycles. The van der Waals surface area contributed by atoms with Crippen LogP contribution in [0.3, 0.4) is 0 Å². The van der Waals surface area contributed by atoms with E-state index in [0.29, 0.717) is 0 Å². The Balaban J connectivity index is 2.72. The molecule has 0 radical (unpaired) electrons. The summed E-state index contributed by atoms with van der Waals surface area (Å²) in [5.41, 5.74) is 10.1. The summed E-state index contributed by atoms with van der Waals surface area (Å²) < 4.78 is 0. The van der Waals surface area contributed by atoms with Gasteiger partial charge in [-0.15, -0.1) is 0 Å². The average molecular weight is 266 g/mol. The van der Waals surface area contributed by atoms with Gasteiger partial charge in [-0.3, -0.25) is 0 Å². The van der Waals surface area contributed by atoms with Gasteiger partial charge in [-0.2, -0.15) is 11.8 Å². The number of anilines is 1. The molecule has 0 amide bonds. The second kappa shape index (κ2) is 7.70. The Morgan fingerprint density at radius 2 is 2.11 bits per heavy atom. The number of nitrogens with two attached hydrogens (primary N) is 1. The van der Waals surface area contributed by atoms with Crippen molar-refractivity contribution >= 4 is 17.4 Å². The van der Waals surface area contributed by atoms with E-state index in [9.17, 15) is 0 Å². The molecule has 0 aliphatic heterocycles. The molecule has 1 aromatic carbocycles. The summed E-state index contributed by atoms with van der Waals surface area (Å²) in [4.78, 5) is 2.31. The predicted octanol–water partition coefficient (Wildman–Crippen LogP) is 3.07. The molecule has 2 nitrogen and oxygen atoms in total. The topological polar surface area (TPSA) is 29.3 Å². The van der Waals surface area contributed by atoms with Crippen molar-refractivity contribution < 1.29 is 0 Å². The zero-order valence-electron chi connectivity index (χ0n) is 12.1. The van der Waals surface area contributed by atoms with Gasteiger partial charge in [-0.1, -0.05) is 13.0 Å². The van der Waals surface area contributed by atoms with Crippen molar-refractivity contribution in [3.05, 3.63) is 29.3 Å². The van der Waals surface area contributed by atoms with Gasteiger partial charge < -0.3 is 10.6 Å². The number of benzene rings is 1. The maximum atomic E-state index is 6.02. The average Bonchev–Trinajstić information content (AvgIpc) is 2.38. The largest absolute Gasteiger partial charge is 0.374 e. The molecule has 0 bridgehead atoms. The van der Waals surface area contributed by atoms with Gasteiger partial charge in [-0.05, 0) is 49.3 Å². The smallest absolute Gasteiger partial charge is 0.0366 e. The Hall–Kier alpha value is -0.670. The highest BCUT2D eigenvalue weighted by Gasteiger charge is 2.07. The molecule has 102 valence electrons. The van der Waals surface area contributed by atoms with Gasteiger partial charge in [-0.25, -0.2) is 0 Å². The highest BCUT2D eigenvalue weighted by atomic mass is 32.2. The summed E-state index contributed by atoms with van der Waals surface area (Å²) in [6.07, 6.45) is 4.17. The summed E-state index contributed by atoms with van der Waals surface area (Å²) >= 11 is 1.89. The van der Waals surface area contributed by atoms with Gasteiger partial charge in [0.1, 0.15) is 0 Å². The molecule has 0 saturated carbocycles. The van der Waals surface area contributed by atoms with Crippen molar-refractivity contribution in [1.82, 2.24) is 0 Å². The van der Waals surface area contributed by atoms with Gasteiger partial charge >= 0.3 is 0 Å². The number of rotatable bonds is 7. The first-order chi connectivity index (χ1) is 8.58. The Labute approximate surface area is 116 Å². The number of hydrogen-bond donors (Lipinski definition) is 1. The summed E-state index contributed by atoms with van der Waals surface area (Å²) in [5, 5.41) is 0. The van der Waals surface area contributed by atoms with E-state index >= 15 is 0 Å². The van der Waals surface area contributed by atoms with Crippen LogP contribution in [0.15, 0.2) is 18.2 Å². The van der Waals surface area contributed by atoms with Crippen molar-refractivity contribution in [2.75, 3.05) is 30.5 Å². The van der Waals surface area contributed by atoms with Crippen LogP contribution in [0.2, 0.25) is 0 Å². The second-order valence-electron chi connectivity index (χ2n) is 4.90. The van der Waals surface area contributed by atoms with Gasteiger partial charge in [0.2, 0.25) is 0 Å². The van der Waals surface area contributed by atoms with Crippen LogP contribution in [0.4, 0.5) is 5.69 Å². The Kier molecular flexibility index (Phi) is 6.58. The van der Waals surface area contributed by atoms with Crippen molar-refractivity contribution in [2.24, 2.45) is 5.73 Å². The molecule has 3 heteroatoms. The third kappa shape index (κ3) is 4.54. The summed E-state index contributed by atoms with van der Waals surface area (Å²) in [5.74, 6) is 1.16. The van der Waals surface area contributed by atoms with E-state index < -0.39 is 0 Å². The molecular weight excluding hydrogens is 240 g/mol. The van der Waals surface area contributed by atoms with E-state index in [2.05, 4.69) is 50.2 Å². The lowest BCUT2D eigenvalue weighted by molar-refractivity contribution is 0.644. The quantitative estimate of drug-likeness (QED) is 0.822. The van der Waals surface area contributed by atoms with Crippen LogP contribution in [0.5, 0.6) is 0 Å². The van der Waals surface area contributed by atoms with E-state index in [4.69, 9.17) is 5.73 Å². The monoisotopic (exact) mass is 266 g/mol. The molecule has 2 N–H and O–H groups in total. The van der Waals surface area contributed by atoms with Gasteiger partial charge in [0.05, 0.1) is 0 Å². The Morgan fingerprint density at radius 1 is 1.39 bits per heavy atom. The van der Waals surface area contributed by atoms with Crippen LogP contribution in [0.1, 0.15) is 24.5 Å². The summed E-state index contributed by atoms with van der Waals surface area (Å²) in [6, 6.07) is 7.00. The maximum absolute atomic E-state index is 6.02. The molecule has 0 fully saturated rings. The normalized spacial score (nSPS) is 12.5. The molecule has 18 heavy (non-hydrogen) atoms. The Bertz CT molecular complexity index is 366. The molecule has 0 aliphatic rings. The van der Waals surface area contributed by atoms with Crippen LogP contribution in [0, 0.1) is 6.92 Å². The van der Waals surface area contributed by atoms with Crippen LogP contribution in [0.25, 0.3) is 0 Å². The molecule has 1 aromatic rings. The van der Waals surface area contributed by atoms with E-state index in [1.165, 1.54) is 16.8 Å². The van der Waals surface area contributed by atoms with Crippen LogP contribution < -0.4 is 10.6 Å². The minimum Gasteiger partial charge on any atom is -0.374 e. The molecule has 0 aromatic heterocycles. The summed E-state index contributed by atoms with van der Waals surface area (Å²) in [7, 11) is 2.16. The molecule has 0 aliphatic carbocycles. The van der Waals surface area contributed by atoms with Crippen LogP contribution >= 0.6 is 11.8 Å². The van der Waals surface area contributed by atoms with Crippen LogP contribution in [-0.2, 0) is 6.42 Å². The minimum atomic E-state index is 0.281. The first kappa shape index (κ1) is 15.4.